The molecule has 0 radical (unpaired) electrons. The van der Waals surface area contributed by atoms with Crippen LogP contribution in [0.2, 0.25) is 0 Å². The first-order valence-electron chi connectivity index (χ1n) is 10.9. The van der Waals surface area contributed by atoms with Crippen molar-refractivity contribution in [3.63, 3.8) is 0 Å². The van der Waals surface area contributed by atoms with E-state index in [1.54, 1.807) is 6.20 Å². The summed E-state index contributed by atoms with van der Waals surface area (Å²) in [5.74, 6) is 0.602. The molecular weight excluding hydrogens is 372 g/mol. The maximum absolute atomic E-state index is 13.1. The molecule has 3 fully saturated rings. The highest BCUT2D eigenvalue weighted by atomic mass is 32.1. The molecule has 7 heteroatoms. The Morgan fingerprint density at radius 3 is 2.25 bits per heavy atom. The first-order valence-corrected chi connectivity index (χ1v) is 11.7. The van der Waals surface area contributed by atoms with E-state index < -0.39 is 0 Å². The van der Waals surface area contributed by atoms with E-state index in [9.17, 15) is 9.59 Å². The highest BCUT2D eigenvalue weighted by molar-refractivity contribution is 7.15. The summed E-state index contributed by atoms with van der Waals surface area (Å²) in [5, 5.41) is 3.71. The number of hydrogen-bond acceptors (Lipinski definition) is 4. The maximum Gasteiger partial charge on any atom is 0.324 e. The van der Waals surface area contributed by atoms with Crippen LogP contribution in [-0.2, 0) is 4.79 Å². The molecule has 0 aromatic carbocycles. The van der Waals surface area contributed by atoms with Gasteiger partial charge in [-0.3, -0.25) is 10.1 Å². The van der Waals surface area contributed by atoms with E-state index in [0.717, 1.165) is 56.5 Å². The van der Waals surface area contributed by atoms with E-state index in [-0.39, 0.29) is 18.0 Å². The average molecular weight is 405 g/mol. The molecule has 2 saturated carbocycles. The number of carbonyl (C=O) groups is 2. The Labute approximate surface area is 171 Å². The zero-order valence-electron chi connectivity index (χ0n) is 16.9. The zero-order chi connectivity index (χ0) is 19.5. The standard InChI is InChI=1S/C21H32N4O2S/c1-15-14-22-20(28-15)23-21(27)25(17-8-4-5-9-17)18-10-12-24(13-11-18)19(26)16-6-2-3-7-16/h14,16-18H,2-13H2,1H3,(H,22,23,27). The van der Waals surface area contributed by atoms with Gasteiger partial charge in [-0.1, -0.05) is 25.7 Å². The van der Waals surface area contributed by atoms with Crippen molar-refractivity contribution in [2.45, 2.75) is 83.2 Å². The number of nitrogens with one attached hydrogen (secondary N) is 1. The second kappa shape index (κ2) is 8.80. The van der Waals surface area contributed by atoms with E-state index >= 15 is 0 Å². The van der Waals surface area contributed by atoms with Crippen molar-refractivity contribution in [2.75, 3.05) is 18.4 Å². The first kappa shape index (κ1) is 19.7. The summed E-state index contributed by atoms with van der Waals surface area (Å²) in [4.78, 5) is 35.4. The number of aryl methyl sites for hydroxylation is 1. The van der Waals surface area contributed by atoms with Crippen LogP contribution in [0.5, 0.6) is 0 Å². The SMILES string of the molecule is Cc1cnc(NC(=O)N(C2CCCC2)C2CCN(C(=O)C3CCCC3)CC2)s1. The van der Waals surface area contributed by atoms with Gasteiger partial charge >= 0.3 is 6.03 Å². The van der Waals surface area contributed by atoms with Crippen LogP contribution in [0.3, 0.4) is 0 Å². The second-order valence-electron chi connectivity index (χ2n) is 8.59. The molecule has 0 unspecified atom stereocenters. The first-order chi connectivity index (χ1) is 13.6. The number of anilines is 1. The molecule has 2 aliphatic carbocycles. The summed E-state index contributed by atoms with van der Waals surface area (Å²) in [5.41, 5.74) is 0. The van der Waals surface area contributed by atoms with Crippen molar-refractivity contribution < 1.29 is 9.59 Å². The second-order valence-corrected chi connectivity index (χ2v) is 9.82. The number of aromatic nitrogens is 1. The third-order valence-corrected chi connectivity index (χ3v) is 7.49. The predicted molar refractivity (Wildman–Crippen MR) is 112 cm³/mol. The number of likely N-dealkylation sites (tertiary alicyclic amines) is 1. The Morgan fingerprint density at radius 2 is 1.64 bits per heavy atom. The summed E-state index contributed by atoms with van der Waals surface area (Å²) < 4.78 is 0. The molecule has 3 amide bonds. The number of carbonyl (C=O) groups excluding carboxylic acids is 2. The summed E-state index contributed by atoms with van der Waals surface area (Å²) in [6.45, 7) is 3.57. The van der Waals surface area contributed by atoms with Gasteiger partial charge in [0.05, 0.1) is 0 Å². The Hall–Kier alpha value is -1.63. The average Bonchev–Trinajstić information content (AvgIpc) is 3.45. The number of piperidine rings is 1. The number of amides is 3. The molecule has 1 aliphatic heterocycles. The lowest BCUT2D eigenvalue weighted by Gasteiger charge is -2.41. The van der Waals surface area contributed by atoms with Crippen molar-refractivity contribution in [2.24, 2.45) is 5.92 Å². The fraction of sp³-hybridized carbons (Fsp3) is 0.762. The minimum atomic E-state index is -0.0122. The third kappa shape index (κ3) is 4.34. The molecule has 0 spiro atoms. The molecule has 154 valence electrons. The monoisotopic (exact) mass is 404 g/mol. The molecular formula is C21H32N4O2S. The highest BCUT2D eigenvalue weighted by Gasteiger charge is 2.37. The van der Waals surface area contributed by atoms with Crippen LogP contribution < -0.4 is 5.32 Å². The summed E-state index contributed by atoms with van der Waals surface area (Å²) in [7, 11) is 0. The van der Waals surface area contributed by atoms with Gasteiger partial charge in [-0.2, -0.15) is 0 Å². The van der Waals surface area contributed by atoms with Gasteiger partial charge in [0.25, 0.3) is 0 Å². The number of hydrogen-bond donors (Lipinski definition) is 1. The zero-order valence-corrected chi connectivity index (χ0v) is 17.7. The van der Waals surface area contributed by atoms with Gasteiger partial charge in [-0.15, -0.1) is 11.3 Å². The summed E-state index contributed by atoms with van der Waals surface area (Å²) in [6.07, 6.45) is 12.7. The Balaban J connectivity index is 1.39. The summed E-state index contributed by atoms with van der Waals surface area (Å²) >= 11 is 1.52. The number of thiazole rings is 1. The van der Waals surface area contributed by atoms with Gasteiger partial charge in [0.15, 0.2) is 5.13 Å². The van der Waals surface area contributed by atoms with Gasteiger partial charge in [-0.05, 0) is 45.4 Å². The Bertz CT molecular complexity index is 686. The lowest BCUT2D eigenvalue weighted by Crippen LogP contribution is -2.53. The van der Waals surface area contributed by atoms with Crippen molar-refractivity contribution in [3.05, 3.63) is 11.1 Å². The number of rotatable bonds is 4. The molecule has 1 aromatic rings. The van der Waals surface area contributed by atoms with Crippen LogP contribution in [0, 0.1) is 12.8 Å². The lowest BCUT2D eigenvalue weighted by molar-refractivity contribution is -0.136. The Kier molecular flexibility index (Phi) is 6.19. The van der Waals surface area contributed by atoms with Gasteiger partial charge in [0.2, 0.25) is 5.91 Å². The number of nitrogens with zero attached hydrogens (tertiary/aromatic N) is 3. The van der Waals surface area contributed by atoms with Crippen LogP contribution >= 0.6 is 11.3 Å². The fourth-order valence-corrected chi connectivity index (χ4v) is 5.83. The van der Waals surface area contributed by atoms with Crippen LogP contribution in [0.4, 0.5) is 9.93 Å². The van der Waals surface area contributed by atoms with E-state index in [2.05, 4.69) is 20.1 Å². The quantitative estimate of drug-likeness (QED) is 0.808. The third-order valence-electron chi connectivity index (χ3n) is 6.66. The van der Waals surface area contributed by atoms with Crippen molar-refractivity contribution in [1.82, 2.24) is 14.8 Å². The van der Waals surface area contributed by atoms with E-state index in [1.165, 1.54) is 37.0 Å². The molecule has 4 rings (SSSR count). The van der Waals surface area contributed by atoms with Crippen LogP contribution in [0.15, 0.2) is 6.20 Å². The van der Waals surface area contributed by atoms with Crippen LogP contribution in [0.25, 0.3) is 0 Å². The largest absolute Gasteiger partial charge is 0.342 e. The van der Waals surface area contributed by atoms with Crippen molar-refractivity contribution in [3.8, 4) is 0 Å². The minimum Gasteiger partial charge on any atom is -0.342 e. The smallest absolute Gasteiger partial charge is 0.324 e. The maximum atomic E-state index is 13.1. The molecule has 1 saturated heterocycles. The van der Waals surface area contributed by atoms with Gasteiger partial charge in [0, 0.05) is 42.2 Å². The van der Waals surface area contributed by atoms with Crippen molar-refractivity contribution in [1.29, 1.82) is 0 Å². The molecule has 1 N–H and O–H groups in total. The molecule has 0 atom stereocenters. The normalized spacial score (nSPS) is 22.0. The van der Waals surface area contributed by atoms with Gasteiger partial charge in [0.1, 0.15) is 0 Å². The lowest BCUT2D eigenvalue weighted by atomic mass is 9.98. The van der Waals surface area contributed by atoms with Crippen molar-refractivity contribution >= 4 is 28.4 Å². The molecule has 6 nitrogen and oxygen atoms in total. The van der Waals surface area contributed by atoms with Crippen LogP contribution in [-0.4, -0.2) is 51.9 Å². The van der Waals surface area contributed by atoms with Crippen LogP contribution in [0.1, 0.15) is 69.1 Å². The number of urea groups is 1. The van der Waals surface area contributed by atoms with E-state index in [4.69, 9.17) is 0 Å². The fourth-order valence-electron chi connectivity index (χ4n) is 5.18. The van der Waals surface area contributed by atoms with E-state index in [1.807, 2.05) is 6.92 Å². The Morgan fingerprint density at radius 1 is 1.04 bits per heavy atom. The molecule has 28 heavy (non-hydrogen) atoms. The highest BCUT2D eigenvalue weighted by Crippen LogP contribution is 2.32. The molecule has 0 bridgehead atoms. The van der Waals surface area contributed by atoms with E-state index in [0.29, 0.717) is 17.1 Å². The molecule has 2 heterocycles. The van der Waals surface area contributed by atoms with Gasteiger partial charge < -0.3 is 9.80 Å². The molecule has 1 aromatic heterocycles. The van der Waals surface area contributed by atoms with Gasteiger partial charge in [-0.25, -0.2) is 9.78 Å². The topological polar surface area (TPSA) is 65.5 Å². The minimum absolute atomic E-state index is 0.0122. The summed E-state index contributed by atoms with van der Waals surface area (Å²) in [6, 6.07) is 0.529. The predicted octanol–water partition coefficient (Wildman–Crippen LogP) is 4.41. The molecule has 3 aliphatic rings.